The molecule has 3 aromatic rings. The van der Waals surface area contributed by atoms with Crippen molar-refractivity contribution in [3.8, 4) is 16.9 Å². The fourth-order valence-electron chi connectivity index (χ4n) is 2.31. The Balaban J connectivity index is 2.31. The zero-order valence-electron chi connectivity index (χ0n) is 12.7. The fourth-order valence-corrected chi connectivity index (χ4v) is 2.31. The number of alkyl halides is 2. The van der Waals surface area contributed by atoms with Crippen LogP contribution in [0, 0.1) is 0 Å². The molecule has 0 aromatic carbocycles. The highest BCUT2D eigenvalue weighted by Gasteiger charge is 2.21. The lowest BCUT2D eigenvalue weighted by molar-refractivity contribution is 0.0601. The number of fused-ring (bicyclic) bond motifs is 1. The molecule has 3 rings (SSSR count). The number of carbonyl (C=O) groups is 1. The first-order valence-electron chi connectivity index (χ1n) is 6.79. The third-order valence-electron chi connectivity index (χ3n) is 3.44. The van der Waals surface area contributed by atoms with Gasteiger partial charge in [-0.05, 0) is 12.1 Å². The molecule has 0 saturated carbocycles. The number of hydrogen-bond donors (Lipinski definition) is 0. The summed E-state index contributed by atoms with van der Waals surface area (Å²) in [5, 5.41) is 3.99. The van der Waals surface area contributed by atoms with Crippen LogP contribution >= 0.6 is 0 Å². The zero-order chi connectivity index (χ0) is 17.3. The molecule has 0 aliphatic rings. The van der Waals surface area contributed by atoms with E-state index in [0.717, 1.165) is 0 Å². The maximum Gasteiger partial charge on any atom is 0.338 e. The van der Waals surface area contributed by atoms with Gasteiger partial charge in [-0.3, -0.25) is 4.98 Å². The molecule has 7 nitrogen and oxygen atoms in total. The monoisotopic (exact) mass is 334 g/mol. The standard InChI is InChI=1S/C15H12F2N4O3/c1-23-12-5-18-11(14(16)17)3-8(12)10-6-21-13(19-7-20-21)4-9(10)15(22)24-2/h3-7,14H,1-2H3. The summed E-state index contributed by atoms with van der Waals surface area (Å²) >= 11 is 0. The molecule has 0 spiro atoms. The van der Waals surface area contributed by atoms with Crippen molar-refractivity contribution in [3.63, 3.8) is 0 Å². The zero-order valence-corrected chi connectivity index (χ0v) is 12.7. The normalized spacial score (nSPS) is 11.0. The molecule has 0 aliphatic carbocycles. The van der Waals surface area contributed by atoms with Crippen molar-refractivity contribution in [2.24, 2.45) is 0 Å². The molecule has 0 radical (unpaired) electrons. The fraction of sp³-hybridized carbons (Fsp3) is 0.200. The number of aromatic nitrogens is 4. The van der Waals surface area contributed by atoms with Crippen LogP contribution in [0.5, 0.6) is 5.75 Å². The van der Waals surface area contributed by atoms with Crippen molar-refractivity contribution in [2.45, 2.75) is 6.43 Å². The van der Waals surface area contributed by atoms with Gasteiger partial charge in [-0.1, -0.05) is 0 Å². The van der Waals surface area contributed by atoms with Gasteiger partial charge in [0.05, 0.1) is 26.0 Å². The first-order chi connectivity index (χ1) is 11.5. The van der Waals surface area contributed by atoms with Crippen LogP contribution in [-0.2, 0) is 4.74 Å². The maximum atomic E-state index is 13.0. The maximum absolute atomic E-state index is 13.0. The Bertz CT molecular complexity index is 911. The van der Waals surface area contributed by atoms with Crippen LogP contribution in [-0.4, -0.2) is 39.8 Å². The average molecular weight is 334 g/mol. The predicted octanol–water partition coefficient (Wildman–Crippen LogP) is 2.52. The van der Waals surface area contributed by atoms with E-state index in [-0.39, 0.29) is 16.9 Å². The number of halogens is 2. The van der Waals surface area contributed by atoms with Gasteiger partial charge in [0.15, 0.2) is 5.65 Å². The van der Waals surface area contributed by atoms with Crippen molar-refractivity contribution >= 4 is 11.6 Å². The summed E-state index contributed by atoms with van der Waals surface area (Å²) in [6.45, 7) is 0. The molecular weight excluding hydrogens is 322 g/mol. The molecule has 0 N–H and O–H groups in total. The summed E-state index contributed by atoms with van der Waals surface area (Å²) in [5.74, 6) is -0.392. The second-order valence-electron chi connectivity index (χ2n) is 4.77. The largest absolute Gasteiger partial charge is 0.494 e. The molecule has 0 atom stereocenters. The van der Waals surface area contributed by atoms with Gasteiger partial charge in [0.25, 0.3) is 6.43 Å². The molecule has 3 heterocycles. The number of hydrogen-bond acceptors (Lipinski definition) is 6. The minimum Gasteiger partial charge on any atom is -0.494 e. The molecule has 3 aromatic heterocycles. The van der Waals surface area contributed by atoms with E-state index in [0.29, 0.717) is 11.2 Å². The quantitative estimate of drug-likeness (QED) is 0.682. The van der Waals surface area contributed by atoms with E-state index >= 15 is 0 Å². The van der Waals surface area contributed by atoms with E-state index in [2.05, 4.69) is 15.1 Å². The topological polar surface area (TPSA) is 78.6 Å². The lowest BCUT2D eigenvalue weighted by Crippen LogP contribution is -2.07. The summed E-state index contributed by atoms with van der Waals surface area (Å²) in [7, 11) is 2.61. The molecule has 0 saturated heterocycles. The van der Waals surface area contributed by atoms with Gasteiger partial charge in [0.2, 0.25) is 0 Å². The molecule has 0 fully saturated rings. The molecule has 0 bridgehead atoms. The SMILES string of the molecule is COC(=O)c1cc2ncnn2cc1-c1cc(C(F)F)ncc1OC. The van der Waals surface area contributed by atoms with Crippen molar-refractivity contribution in [2.75, 3.05) is 14.2 Å². The van der Waals surface area contributed by atoms with E-state index in [1.807, 2.05) is 0 Å². The first kappa shape index (κ1) is 15.8. The summed E-state index contributed by atoms with van der Waals surface area (Å²) < 4.78 is 37.4. The van der Waals surface area contributed by atoms with Crippen LogP contribution in [0.3, 0.4) is 0 Å². The Hall–Kier alpha value is -3.10. The summed E-state index contributed by atoms with van der Waals surface area (Å²) in [4.78, 5) is 19.8. The number of ether oxygens (including phenoxy) is 2. The van der Waals surface area contributed by atoms with Crippen LogP contribution in [0.2, 0.25) is 0 Å². The Labute approximate surface area is 134 Å². The third kappa shape index (κ3) is 2.64. The Morgan fingerprint density at radius 1 is 1.21 bits per heavy atom. The highest BCUT2D eigenvalue weighted by atomic mass is 19.3. The minimum atomic E-state index is -2.76. The smallest absolute Gasteiger partial charge is 0.338 e. The number of methoxy groups -OCH3 is 2. The van der Waals surface area contributed by atoms with Crippen LogP contribution in [0.1, 0.15) is 22.5 Å². The number of rotatable bonds is 4. The molecule has 9 heteroatoms. The van der Waals surface area contributed by atoms with Crippen molar-refractivity contribution < 1.29 is 23.0 Å². The summed E-state index contributed by atoms with van der Waals surface area (Å²) in [5.41, 5.74) is 0.742. The van der Waals surface area contributed by atoms with Gasteiger partial charge in [0.1, 0.15) is 17.8 Å². The average Bonchev–Trinajstić information content (AvgIpc) is 3.06. The van der Waals surface area contributed by atoms with Gasteiger partial charge in [0, 0.05) is 17.3 Å². The van der Waals surface area contributed by atoms with Crippen LogP contribution in [0.25, 0.3) is 16.8 Å². The molecule has 124 valence electrons. The number of carbonyl (C=O) groups excluding carboxylic acids is 1. The lowest BCUT2D eigenvalue weighted by atomic mass is 10.0. The molecular formula is C15H12F2N4O3. The molecule has 0 aliphatic heterocycles. The van der Waals surface area contributed by atoms with Crippen molar-refractivity contribution in [1.82, 2.24) is 19.6 Å². The van der Waals surface area contributed by atoms with Gasteiger partial charge in [-0.25, -0.2) is 23.1 Å². The van der Waals surface area contributed by atoms with Gasteiger partial charge >= 0.3 is 5.97 Å². The van der Waals surface area contributed by atoms with Gasteiger partial charge in [-0.2, -0.15) is 5.10 Å². The summed E-state index contributed by atoms with van der Waals surface area (Å²) in [6.07, 6.45) is 1.24. The van der Waals surface area contributed by atoms with Gasteiger partial charge < -0.3 is 9.47 Å². The predicted molar refractivity (Wildman–Crippen MR) is 79.1 cm³/mol. The Morgan fingerprint density at radius 2 is 2.00 bits per heavy atom. The van der Waals surface area contributed by atoms with Gasteiger partial charge in [-0.15, -0.1) is 0 Å². The third-order valence-corrected chi connectivity index (χ3v) is 3.44. The second kappa shape index (κ2) is 6.19. The van der Waals surface area contributed by atoms with Crippen molar-refractivity contribution in [3.05, 3.63) is 42.1 Å². The van der Waals surface area contributed by atoms with Crippen molar-refractivity contribution in [1.29, 1.82) is 0 Å². The lowest BCUT2D eigenvalue weighted by Gasteiger charge is -2.13. The van der Waals surface area contributed by atoms with Crippen LogP contribution in [0.4, 0.5) is 8.78 Å². The Morgan fingerprint density at radius 3 is 2.67 bits per heavy atom. The van der Waals surface area contributed by atoms with Crippen LogP contribution in [0.15, 0.2) is 30.9 Å². The highest BCUT2D eigenvalue weighted by molar-refractivity contribution is 5.98. The number of esters is 1. The molecule has 24 heavy (non-hydrogen) atoms. The number of nitrogens with zero attached hydrogens (tertiary/aromatic N) is 4. The van der Waals surface area contributed by atoms with E-state index in [4.69, 9.17) is 9.47 Å². The highest BCUT2D eigenvalue weighted by Crippen LogP contribution is 2.34. The summed E-state index contributed by atoms with van der Waals surface area (Å²) in [6, 6.07) is 2.64. The molecule has 0 unspecified atom stereocenters. The Kier molecular flexibility index (Phi) is 4.07. The first-order valence-corrected chi connectivity index (χ1v) is 6.79. The second-order valence-corrected chi connectivity index (χ2v) is 4.77. The van der Waals surface area contributed by atoms with E-state index in [1.54, 1.807) is 0 Å². The molecule has 0 amide bonds. The van der Waals surface area contributed by atoms with E-state index in [9.17, 15) is 13.6 Å². The number of pyridine rings is 2. The van der Waals surface area contributed by atoms with E-state index < -0.39 is 18.1 Å². The van der Waals surface area contributed by atoms with Crippen LogP contribution < -0.4 is 4.74 Å². The van der Waals surface area contributed by atoms with E-state index in [1.165, 1.54) is 49.6 Å². The minimum absolute atomic E-state index is 0.155.